The number of carbonyl (C=O) groups excluding carboxylic acids is 1. The van der Waals surface area contributed by atoms with E-state index in [9.17, 15) is 4.79 Å². The molecule has 2 unspecified atom stereocenters. The maximum Gasteiger partial charge on any atom is 0.317 e. The van der Waals surface area contributed by atoms with Crippen LogP contribution >= 0.6 is 0 Å². The van der Waals surface area contributed by atoms with Gasteiger partial charge in [0.05, 0.1) is 12.6 Å². The fourth-order valence-corrected chi connectivity index (χ4v) is 3.53. The minimum absolute atomic E-state index is 0.105. The number of hydrogen-bond donors (Lipinski definition) is 2. The molecule has 0 aromatic rings. The Bertz CT molecular complexity index is 304. The molecule has 0 spiro atoms. The highest BCUT2D eigenvalue weighted by Crippen LogP contribution is 2.25. The van der Waals surface area contributed by atoms with Gasteiger partial charge in [-0.1, -0.05) is 0 Å². The molecule has 3 fully saturated rings. The third-order valence-corrected chi connectivity index (χ3v) is 4.75. The van der Waals surface area contributed by atoms with Crippen LogP contribution in [0.5, 0.6) is 0 Å². The molecule has 3 heterocycles. The molecule has 5 nitrogen and oxygen atoms in total. The van der Waals surface area contributed by atoms with Gasteiger partial charge in [-0.25, -0.2) is 4.79 Å². The Kier molecular flexibility index (Phi) is 4.23. The van der Waals surface area contributed by atoms with Gasteiger partial charge in [-0.2, -0.15) is 0 Å². The normalized spacial score (nSPS) is 32.7. The SMILES string of the molecule is O=C(NC1CCOC1)N1CCC(C2CCCN2)CC1. The number of hydrogen-bond acceptors (Lipinski definition) is 3. The van der Waals surface area contributed by atoms with Gasteiger partial charge in [-0.15, -0.1) is 0 Å². The standard InChI is InChI=1S/C14H25N3O2/c18-14(16-12-5-9-19-10-12)17-7-3-11(4-8-17)13-2-1-6-15-13/h11-13,15H,1-10H2,(H,16,18). The Labute approximate surface area is 115 Å². The largest absolute Gasteiger partial charge is 0.379 e. The van der Waals surface area contributed by atoms with Crippen LogP contribution < -0.4 is 10.6 Å². The van der Waals surface area contributed by atoms with Gasteiger partial charge in [0.25, 0.3) is 0 Å². The summed E-state index contributed by atoms with van der Waals surface area (Å²) in [6, 6.07) is 1.03. The van der Waals surface area contributed by atoms with Gasteiger partial charge in [-0.3, -0.25) is 0 Å². The zero-order chi connectivity index (χ0) is 13.1. The smallest absolute Gasteiger partial charge is 0.317 e. The molecule has 2 amide bonds. The van der Waals surface area contributed by atoms with E-state index < -0.39 is 0 Å². The van der Waals surface area contributed by atoms with Crippen LogP contribution in [0.2, 0.25) is 0 Å². The number of ether oxygens (including phenoxy) is 1. The molecular formula is C14H25N3O2. The Hall–Kier alpha value is -0.810. The first-order valence-corrected chi connectivity index (χ1v) is 7.69. The highest BCUT2D eigenvalue weighted by molar-refractivity contribution is 5.74. The molecule has 0 saturated carbocycles. The molecule has 19 heavy (non-hydrogen) atoms. The fourth-order valence-electron chi connectivity index (χ4n) is 3.53. The van der Waals surface area contributed by atoms with Crippen molar-refractivity contribution in [2.24, 2.45) is 5.92 Å². The highest BCUT2D eigenvalue weighted by atomic mass is 16.5. The number of piperidine rings is 1. The number of rotatable bonds is 2. The summed E-state index contributed by atoms with van der Waals surface area (Å²) in [7, 11) is 0. The van der Waals surface area contributed by atoms with Crippen LogP contribution in [-0.4, -0.2) is 55.9 Å². The Balaban J connectivity index is 1.42. The first-order valence-electron chi connectivity index (χ1n) is 7.69. The van der Waals surface area contributed by atoms with Crippen molar-refractivity contribution in [3.8, 4) is 0 Å². The van der Waals surface area contributed by atoms with Crippen molar-refractivity contribution < 1.29 is 9.53 Å². The van der Waals surface area contributed by atoms with Crippen molar-refractivity contribution in [1.29, 1.82) is 0 Å². The van der Waals surface area contributed by atoms with E-state index in [1.807, 2.05) is 4.90 Å². The maximum absolute atomic E-state index is 12.1. The van der Waals surface area contributed by atoms with E-state index >= 15 is 0 Å². The number of carbonyl (C=O) groups is 1. The molecule has 0 aliphatic carbocycles. The number of amides is 2. The van der Waals surface area contributed by atoms with Gasteiger partial charge in [0.1, 0.15) is 0 Å². The molecule has 108 valence electrons. The summed E-state index contributed by atoms with van der Waals surface area (Å²) >= 11 is 0. The van der Waals surface area contributed by atoms with E-state index in [2.05, 4.69) is 10.6 Å². The van der Waals surface area contributed by atoms with E-state index in [1.165, 1.54) is 19.4 Å². The Morgan fingerprint density at radius 3 is 2.68 bits per heavy atom. The van der Waals surface area contributed by atoms with Crippen molar-refractivity contribution >= 4 is 6.03 Å². The first-order chi connectivity index (χ1) is 9.33. The van der Waals surface area contributed by atoms with Gasteiger partial charge in [0.15, 0.2) is 0 Å². The summed E-state index contributed by atoms with van der Waals surface area (Å²) in [5, 5.41) is 6.67. The van der Waals surface area contributed by atoms with Gasteiger partial charge in [0.2, 0.25) is 0 Å². The summed E-state index contributed by atoms with van der Waals surface area (Å²) in [4.78, 5) is 14.1. The zero-order valence-corrected chi connectivity index (χ0v) is 11.6. The summed E-state index contributed by atoms with van der Waals surface area (Å²) < 4.78 is 5.29. The summed E-state index contributed by atoms with van der Waals surface area (Å²) in [5.74, 6) is 0.765. The maximum atomic E-state index is 12.1. The number of urea groups is 1. The van der Waals surface area contributed by atoms with Gasteiger partial charge in [-0.05, 0) is 44.6 Å². The van der Waals surface area contributed by atoms with Crippen molar-refractivity contribution in [2.75, 3.05) is 32.8 Å². The van der Waals surface area contributed by atoms with Crippen LogP contribution in [0, 0.1) is 5.92 Å². The average molecular weight is 267 g/mol. The van der Waals surface area contributed by atoms with Crippen LogP contribution in [-0.2, 0) is 4.74 Å². The number of nitrogens with zero attached hydrogens (tertiary/aromatic N) is 1. The molecule has 2 atom stereocenters. The lowest BCUT2D eigenvalue weighted by molar-refractivity contribution is 0.153. The van der Waals surface area contributed by atoms with Crippen molar-refractivity contribution in [3.63, 3.8) is 0 Å². The lowest BCUT2D eigenvalue weighted by Crippen LogP contribution is -2.49. The monoisotopic (exact) mass is 267 g/mol. The summed E-state index contributed by atoms with van der Waals surface area (Å²) in [5.41, 5.74) is 0. The molecule has 5 heteroatoms. The van der Waals surface area contributed by atoms with E-state index in [4.69, 9.17) is 4.74 Å². The highest BCUT2D eigenvalue weighted by Gasteiger charge is 2.30. The third-order valence-electron chi connectivity index (χ3n) is 4.75. The molecule has 0 bridgehead atoms. The average Bonchev–Trinajstić information content (AvgIpc) is 3.12. The minimum Gasteiger partial charge on any atom is -0.379 e. The minimum atomic E-state index is 0.105. The van der Waals surface area contributed by atoms with E-state index in [-0.39, 0.29) is 12.1 Å². The number of nitrogens with one attached hydrogen (secondary N) is 2. The lowest BCUT2D eigenvalue weighted by atomic mass is 9.89. The predicted molar refractivity (Wildman–Crippen MR) is 73.1 cm³/mol. The molecule has 3 aliphatic rings. The predicted octanol–water partition coefficient (Wildman–Crippen LogP) is 0.949. The second-order valence-corrected chi connectivity index (χ2v) is 6.04. The van der Waals surface area contributed by atoms with Crippen LogP contribution in [0.15, 0.2) is 0 Å². The Morgan fingerprint density at radius 2 is 2.05 bits per heavy atom. The molecular weight excluding hydrogens is 242 g/mol. The van der Waals surface area contributed by atoms with Crippen LogP contribution in [0.4, 0.5) is 4.79 Å². The van der Waals surface area contributed by atoms with Gasteiger partial charge >= 0.3 is 6.03 Å². The second-order valence-electron chi connectivity index (χ2n) is 6.04. The molecule has 2 N–H and O–H groups in total. The quantitative estimate of drug-likeness (QED) is 0.783. The molecule has 3 aliphatic heterocycles. The first kappa shape index (κ1) is 13.2. The fraction of sp³-hybridized carbons (Fsp3) is 0.929. The van der Waals surface area contributed by atoms with Crippen LogP contribution in [0.1, 0.15) is 32.1 Å². The summed E-state index contributed by atoms with van der Waals surface area (Å²) in [6.45, 7) is 4.44. The van der Waals surface area contributed by atoms with E-state index in [1.54, 1.807) is 0 Å². The van der Waals surface area contributed by atoms with Crippen molar-refractivity contribution in [2.45, 2.75) is 44.2 Å². The van der Waals surface area contributed by atoms with E-state index in [0.717, 1.165) is 44.9 Å². The molecule has 0 radical (unpaired) electrons. The van der Waals surface area contributed by atoms with Crippen molar-refractivity contribution in [1.82, 2.24) is 15.5 Å². The molecule has 0 aromatic carbocycles. The van der Waals surface area contributed by atoms with Crippen LogP contribution in [0.3, 0.4) is 0 Å². The van der Waals surface area contributed by atoms with Crippen LogP contribution in [0.25, 0.3) is 0 Å². The molecule has 3 saturated heterocycles. The topological polar surface area (TPSA) is 53.6 Å². The molecule has 3 rings (SSSR count). The third kappa shape index (κ3) is 3.20. The molecule has 0 aromatic heterocycles. The van der Waals surface area contributed by atoms with E-state index in [0.29, 0.717) is 12.6 Å². The van der Waals surface area contributed by atoms with Gasteiger partial charge in [0, 0.05) is 25.7 Å². The Morgan fingerprint density at radius 1 is 1.21 bits per heavy atom. The van der Waals surface area contributed by atoms with Gasteiger partial charge < -0.3 is 20.3 Å². The zero-order valence-electron chi connectivity index (χ0n) is 11.6. The van der Waals surface area contributed by atoms with Crippen molar-refractivity contribution in [3.05, 3.63) is 0 Å². The summed E-state index contributed by atoms with van der Waals surface area (Å²) in [6.07, 6.45) is 5.87. The second kappa shape index (κ2) is 6.09. The number of likely N-dealkylation sites (tertiary alicyclic amines) is 1. The lowest BCUT2D eigenvalue weighted by Gasteiger charge is -2.35.